The van der Waals surface area contributed by atoms with Gasteiger partial charge in [0.25, 0.3) is 5.91 Å². The summed E-state index contributed by atoms with van der Waals surface area (Å²) in [6.45, 7) is -3.91. The Morgan fingerprint density at radius 2 is 1.74 bits per heavy atom. The van der Waals surface area contributed by atoms with Crippen LogP contribution in [0.2, 0.25) is 0 Å². The van der Waals surface area contributed by atoms with Crippen LogP contribution in [0.15, 0.2) is 48.9 Å². The van der Waals surface area contributed by atoms with Gasteiger partial charge in [-0.05, 0) is 30.7 Å². The highest BCUT2D eigenvalue weighted by Gasteiger charge is 2.40. The molecular weight excluding hydrogens is 533 g/mol. The molecule has 1 aromatic carbocycles. The number of ether oxygens (including phenoxy) is 2. The zero-order chi connectivity index (χ0) is 27.9. The second kappa shape index (κ2) is 9.81. The van der Waals surface area contributed by atoms with E-state index in [0.717, 1.165) is 17.2 Å². The number of hydrogen-bond donors (Lipinski definition) is 1. The summed E-state index contributed by atoms with van der Waals surface area (Å²) in [4.78, 5) is 46.3. The number of imide groups is 1. The molecule has 0 saturated carbocycles. The van der Waals surface area contributed by atoms with Crippen molar-refractivity contribution in [1.29, 1.82) is 0 Å². The molecule has 0 atom stereocenters. The van der Waals surface area contributed by atoms with E-state index in [9.17, 15) is 36.3 Å². The summed E-state index contributed by atoms with van der Waals surface area (Å²) in [6.07, 6.45) is -1.38. The Kier molecular flexibility index (Phi) is 6.49. The molecular formula is C24H16F5N5O5. The number of carbonyl (C=O) groups is 3. The molecule has 0 bridgehead atoms. The topological polar surface area (TPSA) is 114 Å². The van der Waals surface area contributed by atoms with Crippen LogP contribution in [0.1, 0.15) is 17.5 Å². The van der Waals surface area contributed by atoms with Crippen molar-refractivity contribution in [2.24, 2.45) is 0 Å². The quantitative estimate of drug-likeness (QED) is 0.349. The van der Waals surface area contributed by atoms with Gasteiger partial charge in [0.1, 0.15) is 18.1 Å². The van der Waals surface area contributed by atoms with Gasteiger partial charge in [-0.1, -0.05) is 0 Å². The standard InChI is InChI=1S/C24H16F5N5O5/c25-22(26)39-18-8-13(1-3-17(18)38-16-5-6-31-21-15(16)2-4-19(35)32-21)34-20(36)11-33(23(34)37)14-7-12(9-30-10-14)24(27,28)29/h1,3,5-10,22H,2,4,11H2,(H,31,32,35). The second-order valence-corrected chi connectivity index (χ2v) is 8.32. The van der Waals surface area contributed by atoms with Crippen molar-refractivity contribution >= 4 is 35.0 Å². The first-order valence-corrected chi connectivity index (χ1v) is 11.2. The van der Waals surface area contributed by atoms with Gasteiger partial charge in [-0.25, -0.2) is 14.7 Å². The van der Waals surface area contributed by atoms with Crippen molar-refractivity contribution < 1.29 is 45.8 Å². The smallest absolute Gasteiger partial charge is 0.417 e. The summed E-state index contributed by atoms with van der Waals surface area (Å²) in [7, 11) is 0. The number of aromatic nitrogens is 2. The molecule has 202 valence electrons. The molecule has 2 aliphatic rings. The maximum atomic E-state index is 13.2. The molecule has 0 spiro atoms. The molecule has 1 fully saturated rings. The van der Waals surface area contributed by atoms with Crippen LogP contribution < -0.4 is 24.6 Å². The number of carbonyl (C=O) groups excluding carboxylic acids is 3. The average molecular weight is 549 g/mol. The van der Waals surface area contributed by atoms with Crippen LogP contribution >= 0.6 is 0 Å². The number of halogens is 5. The van der Waals surface area contributed by atoms with Crippen molar-refractivity contribution in [1.82, 2.24) is 9.97 Å². The number of alkyl halides is 5. The Morgan fingerprint density at radius 3 is 2.49 bits per heavy atom. The Balaban J connectivity index is 1.45. The van der Waals surface area contributed by atoms with Crippen molar-refractivity contribution in [2.45, 2.75) is 25.6 Å². The maximum absolute atomic E-state index is 13.2. The summed E-state index contributed by atoms with van der Waals surface area (Å²) < 4.78 is 76.1. The average Bonchev–Trinajstić information content (AvgIpc) is 3.18. The Hall–Kier alpha value is -4.82. The van der Waals surface area contributed by atoms with E-state index in [-0.39, 0.29) is 47.4 Å². The van der Waals surface area contributed by atoms with Crippen molar-refractivity contribution in [2.75, 3.05) is 21.7 Å². The zero-order valence-electron chi connectivity index (χ0n) is 19.5. The number of fused-ring (bicyclic) bond motifs is 1. The van der Waals surface area contributed by atoms with Crippen LogP contribution in [0.25, 0.3) is 0 Å². The molecule has 4 amide bonds. The van der Waals surface area contributed by atoms with Crippen molar-refractivity contribution in [3.05, 3.63) is 60.0 Å². The van der Waals surface area contributed by atoms with E-state index in [0.29, 0.717) is 22.7 Å². The Morgan fingerprint density at radius 1 is 0.949 bits per heavy atom. The molecule has 4 heterocycles. The highest BCUT2D eigenvalue weighted by molar-refractivity contribution is 6.27. The first-order chi connectivity index (χ1) is 18.5. The van der Waals surface area contributed by atoms with Gasteiger partial charge in [0.05, 0.1) is 23.1 Å². The van der Waals surface area contributed by atoms with Crippen LogP contribution in [0, 0.1) is 0 Å². The molecule has 1 N–H and O–H groups in total. The fourth-order valence-electron chi connectivity index (χ4n) is 4.07. The number of anilines is 3. The Bertz CT molecular complexity index is 1480. The maximum Gasteiger partial charge on any atom is 0.417 e. The van der Waals surface area contributed by atoms with Crippen LogP contribution in [-0.2, 0) is 22.2 Å². The van der Waals surface area contributed by atoms with E-state index >= 15 is 0 Å². The lowest BCUT2D eigenvalue weighted by atomic mass is 10.1. The summed E-state index contributed by atoms with van der Waals surface area (Å²) in [5, 5.41) is 2.58. The third-order valence-electron chi connectivity index (χ3n) is 5.82. The van der Waals surface area contributed by atoms with Gasteiger partial charge in [-0.3, -0.25) is 19.5 Å². The van der Waals surface area contributed by atoms with Crippen LogP contribution in [0.3, 0.4) is 0 Å². The number of nitrogens with one attached hydrogen (secondary N) is 1. The fraction of sp³-hybridized carbons (Fsp3) is 0.208. The highest BCUT2D eigenvalue weighted by Crippen LogP contribution is 2.40. The third kappa shape index (κ3) is 5.15. The summed E-state index contributed by atoms with van der Waals surface area (Å²) in [6, 6.07) is 4.51. The summed E-state index contributed by atoms with van der Waals surface area (Å²) in [5.41, 5.74) is -1.05. The van der Waals surface area contributed by atoms with Crippen LogP contribution in [0.5, 0.6) is 17.2 Å². The van der Waals surface area contributed by atoms with Gasteiger partial charge in [-0.15, -0.1) is 0 Å². The monoisotopic (exact) mass is 549 g/mol. The van der Waals surface area contributed by atoms with Gasteiger partial charge in [0.2, 0.25) is 5.91 Å². The first-order valence-electron chi connectivity index (χ1n) is 11.2. The minimum Gasteiger partial charge on any atom is -0.453 e. The lowest BCUT2D eigenvalue weighted by Gasteiger charge is -2.21. The number of pyridine rings is 2. The number of urea groups is 1. The molecule has 10 nitrogen and oxygen atoms in total. The normalized spacial score (nSPS) is 15.5. The zero-order valence-corrected chi connectivity index (χ0v) is 19.5. The van der Waals surface area contributed by atoms with Gasteiger partial charge in [0, 0.05) is 30.4 Å². The first kappa shape index (κ1) is 25.8. The Labute approximate surface area is 216 Å². The number of amides is 4. The highest BCUT2D eigenvalue weighted by atomic mass is 19.4. The van der Waals surface area contributed by atoms with E-state index in [1.54, 1.807) is 0 Å². The van der Waals surface area contributed by atoms with E-state index < -0.39 is 42.6 Å². The van der Waals surface area contributed by atoms with E-state index in [1.165, 1.54) is 24.4 Å². The van der Waals surface area contributed by atoms with Gasteiger partial charge < -0.3 is 14.8 Å². The predicted octanol–water partition coefficient (Wildman–Crippen LogP) is 4.75. The molecule has 5 rings (SSSR count). The minimum atomic E-state index is -4.73. The van der Waals surface area contributed by atoms with Crippen LogP contribution in [0.4, 0.5) is 43.9 Å². The molecule has 2 aliphatic heterocycles. The van der Waals surface area contributed by atoms with Crippen molar-refractivity contribution in [3.63, 3.8) is 0 Å². The molecule has 0 unspecified atom stereocenters. The molecule has 3 aromatic rings. The lowest BCUT2D eigenvalue weighted by Crippen LogP contribution is -2.33. The number of hydrogen-bond acceptors (Lipinski definition) is 7. The van der Waals surface area contributed by atoms with Gasteiger partial charge >= 0.3 is 18.8 Å². The van der Waals surface area contributed by atoms with Gasteiger partial charge in [-0.2, -0.15) is 22.0 Å². The van der Waals surface area contributed by atoms with Crippen molar-refractivity contribution in [3.8, 4) is 17.2 Å². The van der Waals surface area contributed by atoms with Gasteiger partial charge in [0.15, 0.2) is 11.5 Å². The fourth-order valence-corrected chi connectivity index (χ4v) is 4.07. The third-order valence-corrected chi connectivity index (χ3v) is 5.82. The second-order valence-electron chi connectivity index (χ2n) is 8.32. The van der Waals surface area contributed by atoms with Crippen LogP contribution in [-0.4, -0.2) is 41.0 Å². The summed E-state index contributed by atoms with van der Waals surface area (Å²) in [5.74, 6) is -1.31. The van der Waals surface area contributed by atoms with E-state index in [4.69, 9.17) is 4.74 Å². The molecule has 0 radical (unpaired) electrons. The number of nitrogens with zero attached hydrogens (tertiary/aromatic N) is 4. The molecule has 2 aromatic heterocycles. The lowest BCUT2D eigenvalue weighted by molar-refractivity contribution is -0.137. The van der Waals surface area contributed by atoms with E-state index in [1.807, 2.05) is 0 Å². The molecule has 0 aliphatic carbocycles. The predicted molar refractivity (Wildman–Crippen MR) is 124 cm³/mol. The SMILES string of the molecule is O=C1CCc2c(Oc3ccc(N4C(=O)CN(c5cncc(C(F)(F)F)c5)C4=O)cc3OC(F)F)ccnc2N1. The molecule has 1 saturated heterocycles. The number of rotatable bonds is 6. The van der Waals surface area contributed by atoms with E-state index in [2.05, 4.69) is 20.0 Å². The largest absolute Gasteiger partial charge is 0.453 e. The minimum absolute atomic E-state index is 0.158. The molecule has 15 heteroatoms. The summed E-state index contributed by atoms with van der Waals surface area (Å²) >= 11 is 0. The molecule has 39 heavy (non-hydrogen) atoms. The number of benzene rings is 1.